The van der Waals surface area contributed by atoms with Crippen LogP contribution in [0.2, 0.25) is 0 Å². The van der Waals surface area contributed by atoms with E-state index in [9.17, 15) is 8.42 Å². The summed E-state index contributed by atoms with van der Waals surface area (Å²) < 4.78 is 28.4. The highest BCUT2D eigenvalue weighted by molar-refractivity contribution is 9.10. The van der Waals surface area contributed by atoms with Crippen molar-refractivity contribution >= 4 is 26.0 Å². The molecule has 0 bridgehead atoms. The van der Waals surface area contributed by atoms with Crippen LogP contribution in [-0.4, -0.2) is 40.3 Å². The summed E-state index contributed by atoms with van der Waals surface area (Å²) in [6.45, 7) is 2.63. The molecule has 0 atom stereocenters. The van der Waals surface area contributed by atoms with Gasteiger partial charge in [-0.2, -0.15) is 4.31 Å². The van der Waals surface area contributed by atoms with Gasteiger partial charge in [-0.3, -0.25) is 0 Å². The maximum atomic E-state index is 12.6. The van der Waals surface area contributed by atoms with Crippen molar-refractivity contribution in [1.29, 1.82) is 0 Å². The third-order valence-electron chi connectivity index (χ3n) is 2.98. The number of aromatic nitrogens is 3. The first kappa shape index (κ1) is 14.0. The van der Waals surface area contributed by atoms with Crippen LogP contribution >= 0.6 is 15.9 Å². The van der Waals surface area contributed by atoms with Crippen LogP contribution in [-0.2, 0) is 17.1 Å². The molecule has 0 amide bonds. The van der Waals surface area contributed by atoms with E-state index in [-0.39, 0.29) is 15.7 Å². The molecule has 1 aliphatic carbocycles. The molecule has 0 N–H and O–H groups in total. The Morgan fingerprint density at radius 3 is 2.61 bits per heavy atom. The average Bonchev–Trinajstić information content (AvgIpc) is 3.05. The second-order valence-corrected chi connectivity index (χ2v) is 7.07. The molecule has 18 heavy (non-hydrogen) atoms. The molecule has 1 saturated carbocycles. The number of halogens is 1. The van der Waals surface area contributed by atoms with Crippen LogP contribution in [0.1, 0.15) is 32.6 Å². The summed E-state index contributed by atoms with van der Waals surface area (Å²) in [5.41, 5.74) is 0. The van der Waals surface area contributed by atoms with Crippen molar-refractivity contribution in [2.24, 2.45) is 7.05 Å². The fourth-order valence-electron chi connectivity index (χ4n) is 1.88. The number of aryl methyl sites for hydroxylation is 1. The predicted octanol–water partition coefficient (Wildman–Crippen LogP) is 1.53. The fourth-order valence-corrected chi connectivity index (χ4v) is 4.64. The minimum absolute atomic E-state index is 0.144. The monoisotopic (exact) mass is 336 g/mol. The Morgan fingerprint density at radius 1 is 1.50 bits per heavy atom. The van der Waals surface area contributed by atoms with Gasteiger partial charge in [-0.1, -0.05) is 18.6 Å². The lowest BCUT2D eigenvalue weighted by Gasteiger charge is -2.21. The quantitative estimate of drug-likeness (QED) is 0.789. The molecule has 1 aromatic rings. The van der Waals surface area contributed by atoms with Crippen molar-refractivity contribution in [3.05, 3.63) is 4.60 Å². The molecule has 2 rings (SSSR count). The molecule has 0 aromatic carbocycles. The summed E-state index contributed by atoms with van der Waals surface area (Å²) in [5.74, 6) is 0. The Labute approximate surface area is 116 Å². The lowest BCUT2D eigenvalue weighted by molar-refractivity contribution is 0.390. The second kappa shape index (κ2) is 5.26. The van der Waals surface area contributed by atoms with Crippen LogP contribution < -0.4 is 0 Å². The van der Waals surface area contributed by atoms with Gasteiger partial charge in [0, 0.05) is 19.6 Å². The van der Waals surface area contributed by atoms with Crippen molar-refractivity contribution in [2.45, 2.75) is 43.7 Å². The number of hydrogen-bond donors (Lipinski definition) is 0. The van der Waals surface area contributed by atoms with Gasteiger partial charge < -0.3 is 0 Å². The van der Waals surface area contributed by atoms with Crippen molar-refractivity contribution in [1.82, 2.24) is 19.3 Å². The lowest BCUT2D eigenvalue weighted by Crippen LogP contribution is -2.35. The molecule has 102 valence electrons. The highest BCUT2D eigenvalue weighted by atomic mass is 79.9. The maximum Gasteiger partial charge on any atom is 0.263 e. The average molecular weight is 337 g/mol. The van der Waals surface area contributed by atoms with Gasteiger partial charge in [0.15, 0.2) is 4.60 Å². The largest absolute Gasteiger partial charge is 0.263 e. The summed E-state index contributed by atoms with van der Waals surface area (Å²) in [7, 11) is -1.91. The van der Waals surface area contributed by atoms with Crippen molar-refractivity contribution in [2.75, 3.05) is 6.54 Å². The minimum Gasteiger partial charge on any atom is -0.235 e. The van der Waals surface area contributed by atoms with Crippen molar-refractivity contribution < 1.29 is 8.42 Å². The molecular weight excluding hydrogens is 320 g/mol. The zero-order chi connectivity index (χ0) is 13.3. The first-order valence-corrected chi connectivity index (χ1v) is 8.28. The van der Waals surface area contributed by atoms with Crippen LogP contribution in [0.3, 0.4) is 0 Å². The Morgan fingerprint density at radius 2 is 2.17 bits per heavy atom. The number of unbranched alkanes of at least 4 members (excludes halogenated alkanes) is 1. The molecule has 1 fully saturated rings. The Kier molecular flexibility index (Phi) is 4.08. The van der Waals surface area contributed by atoms with Crippen LogP contribution in [0.4, 0.5) is 0 Å². The van der Waals surface area contributed by atoms with E-state index in [1.54, 1.807) is 11.4 Å². The molecule has 6 nitrogen and oxygen atoms in total. The van der Waals surface area contributed by atoms with Crippen LogP contribution in [0.15, 0.2) is 9.63 Å². The van der Waals surface area contributed by atoms with Gasteiger partial charge in [0.1, 0.15) is 0 Å². The summed E-state index contributed by atoms with van der Waals surface area (Å²) >= 11 is 3.16. The molecule has 8 heteroatoms. The van der Waals surface area contributed by atoms with E-state index in [4.69, 9.17) is 0 Å². The zero-order valence-corrected chi connectivity index (χ0v) is 12.9. The van der Waals surface area contributed by atoms with Gasteiger partial charge in [-0.15, -0.1) is 5.10 Å². The van der Waals surface area contributed by atoms with E-state index in [2.05, 4.69) is 33.2 Å². The number of hydrogen-bond acceptors (Lipinski definition) is 4. The Balaban J connectivity index is 2.33. The SMILES string of the molecule is CCCCN(C1CC1)S(=O)(=O)c1c(Br)nnn1C. The molecule has 0 saturated heterocycles. The number of nitrogens with zero attached hydrogens (tertiary/aromatic N) is 4. The van der Waals surface area contributed by atoms with Gasteiger partial charge in [0.25, 0.3) is 10.0 Å². The molecule has 1 heterocycles. The number of sulfonamides is 1. The van der Waals surface area contributed by atoms with Crippen LogP contribution in [0.5, 0.6) is 0 Å². The molecule has 0 unspecified atom stereocenters. The zero-order valence-electron chi connectivity index (χ0n) is 10.5. The van der Waals surface area contributed by atoms with Gasteiger partial charge >= 0.3 is 0 Å². The lowest BCUT2D eigenvalue weighted by atomic mass is 10.3. The minimum atomic E-state index is -3.50. The van der Waals surface area contributed by atoms with E-state index >= 15 is 0 Å². The van der Waals surface area contributed by atoms with E-state index in [1.165, 1.54) is 4.68 Å². The first-order chi connectivity index (χ1) is 8.48. The van der Waals surface area contributed by atoms with Gasteiger partial charge in [0.2, 0.25) is 5.03 Å². The highest BCUT2D eigenvalue weighted by Gasteiger charge is 2.40. The van der Waals surface area contributed by atoms with E-state index < -0.39 is 10.0 Å². The summed E-state index contributed by atoms with van der Waals surface area (Å²) in [6.07, 6.45) is 3.75. The van der Waals surface area contributed by atoms with E-state index in [0.717, 1.165) is 25.7 Å². The molecule has 1 aromatic heterocycles. The van der Waals surface area contributed by atoms with E-state index in [0.29, 0.717) is 6.54 Å². The first-order valence-electron chi connectivity index (χ1n) is 6.05. The third-order valence-corrected chi connectivity index (χ3v) is 5.82. The fraction of sp³-hybridized carbons (Fsp3) is 0.800. The standard InChI is InChI=1S/C10H17BrN4O2S/c1-3-4-7-15(8-5-6-8)18(16,17)10-9(11)12-13-14(10)2/h8H,3-7H2,1-2H3. The maximum absolute atomic E-state index is 12.6. The summed E-state index contributed by atoms with van der Waals surface area (Å²) in [5, 5.41) is 7.63. The second-order valence-electron chi connectivity index (χ2n) is 4.51. The highest BCUT2D eigenvalue weighted by Crippen LogP contribution is 2.33. The van der Waals surface area contributed by atoms with Crippen LogP contribution in [0.25, 0.3) is 0 Å². The number of rotatable bonds is 6. The van der Waals surface area contributed by atoms with Gasteiger partial charge in [-0.05, 0) is 35.2 Å². The Bertz CT molecular complexity index is 504. The summed E-state index contributed by atoms with van der Waals surface area (Å²) in [4.78, 5) is 0. The molecular formula is C10H17BrN4O2S. The van der Waals surface area contributed by atoms with Gasteiger partial charge in [-0.25, -0.2) is 13.1 Å². The molecule has 0 spiro atoms. The van der Waals surface area contributed by atoms with Crippen LogP contribution in [0, 0.1) is 0 Å². The summed E-state index contributed by atoms with van der Waals surface area (Å²) in [6, 6.07) is 0.156. The topological polar surface area (TPSA) is 68.1 Å². The predicted molar refractivity (Wildman–Crippen MR) is 70.5 cm³/mol. The molecule has 0 radical (unpaired) electrons. The van der Waals surface area contributed by atoms with Gasteiger partial charge in [0.05, 0.1) is 0 Å². The third kappa shape index (κ3) is 2.60. The van der Waals surface area contributed by atoms with E-state index in [1.807, 2.05) is 0 Å². The Hall–Kier alpha value is -0.470. The molecule has 0 aliphatic heterocycles. The van der Waals surface area contributed by atoms with Crippen molar-refractivity contribution in [3.8, 4) is 0 Å². The normalized spacial score (nSPS) is 16.4. The molecule has 1 aliphatic rings. The smallest absolute Gasteiger partial charge is 0.235 e. The van der Waals surface area contributed by atoms with Crippen molar-refractivity contribution in [3.63, 3.8) is 0 Å².